The van der Waals surface area contributed by atoms with Gasteiger partial charge in [-0.05, 0) is 47.3 Å². The van der Waals surface area contributed by atoms with Gasteiger partial charge in [0.1, 0.15) is 0 Å². The van der Waals surface area contributed by atoms with Crippen molar-refractivity contribution in [2.45, 2.75) is 6.54 Å². The Morgan fingerprint density at radius 3 is 2.53 bits per heavy atom. The number of rotatable bonds is 5. The highest BCUT2D eigenvalue weighted by atomic mass is 35.5. The molecule has 4 aromatic rings. The molecule has 0 bridgehead atoms. The summed E-state index contributed by atoms with van der Waals surface area (Å²) in [6, 6.07) is 14.7. The number of ketones is 1. The van der Waals surface area contributed by atoms with Gasteiger partial charge in [-0.25, -0.2) is 4.79 Å². The van der Waals surface area contributed by atoms with Crippen molar-refractivity contribution in [1.29, 1.82) is 0 Å². The van der Waals surface area contributed by atoms with Crippen LogP contribution in [0.1, 0.15) is 21.6 Å². The number of hydrogen-bond donors (Lipinski definition) is 4. The minimum atomic E-state index is -0.492. The SMILES string of the molecule is O=C(NCc1c[nH]c(=O)c2ccccc12)Nc1ccc(Cl)cc1C(=O)c1ccc[nH]1. The lowest BCUT2D eigenvalue weighted by Gasteiger charge is -2.12. The van der Waals surface area contributed by atoms with Crippen LogP contribution in [0.2, 0.25) is 5.02 Å². The second-order valence-corrected chi connectivity index (χ2v) is 7.04. The number of halogens is 1. The minimum Gasteiger partial charge on any atom is -0.359 e. The molecule has 150 valence electrons. The zero-order valence-corrected chi connectivity index (χ0v) is 16.4. The van der Waals surface area contributed by atoms with Gasteiger partial charge in [0.05, 0.1) is 11.4 Å². The van der Waals surface area contributed by atoms with Gasteiger partial charge in [0.15, 0.2) is 0 Å². The molecule has 4 rings (SSSR count). The second kappa shape index (κ2) is 8.26. The van der Waals surface area contributed by atoms with E-state index < -0.39 is 6.03 Å². The van der Waals surface area contributed by atoms with Crippen LogP contribution in [0.15, 0.2) is 71.8 Å². The molecule has 7 nitrogen and oxygen atoms in total. The lowest BCUT2D eigenvalue weighted by molar-refractivity contribution is 0.103. The van der Waals surface area contributed by atoms with Crippen LogP contribution in [0.3, 0.4) is 0 Å². The van der Waals surface area contributed by atoms with Crippen LogP contribution < -0.4 is 16.2 Å². The van der Waals surface area contributed by atoms with Gasteiger partial charge in [0.25, 0.3) is 5.56 Å². The molecule has 2 amide bonds. The summed E-state index contributed by atoms with van der Waals surface area (Å²) in [7, 11) is 0. The van der Waals surface area contributed by atoms with Crippen LogP contribution >= 0.6 is 11.6 Å². The van der Waals surface area contributed by atoms with Crippen molar-refractivity contribution >= 4 is 39.9 Å². The Kier molecular flexibility index (Phi) is 5.36. The molecule has 0 radical (unpaired) electrons. The molecule has 0 saturated carbocycles. The van der Waals surface area contributed by atoms with Crippen LogP contribution in [0.4, 0.5) is 10.5 Å². The molecule has 0 aliphatic rings. The molecule has 2 aromatic carbocycles. The smallest absolute Gasteiger partial charge is 0.319 e. The summed E-state index contributed by atoms with van der Waals surface area (Å²) >= 11 is 6.05. The summed E-state index contributed by atoms with van der Waals surface area (Å²) in [4.78, 5) is 42.7. The first-order valence-electron chi connectivity index (χ1n) is 9.15. The fourth-order valence-electron chi connectivity index (χ4n) is 3.19. The molecule has 0 fully saturated rings. The van der Waals surface area contributed by atoms with Crippen molar-refractivity contribution in [1.82, 2.24) is 15.3 Å². The normalized spacial score (nSPS) is 10.7. The van der Waals surface area contributed by atoms with Crippen LogP contribution in [0.25, 0.3) is 10.8 Å². The first-order valence-corrected chi connectivity index (χ1v) is 9.52. The van der Waals surface area contributed by atoms with E-state index in [0.717, 1.165) is 10.9 Å². The fraction of sp³-hybridized carbons (Fsp3) is 0.0455. The molecule has 0 aliphatic heterocycles. The molecular weight excluding hydrogens is 404 g/mol. The van der Waals surface area contributed by atoms with Gasteiger partial charge < -0.3 is 20.6 Å². The van der Waals surface area contributed by atoms with Crippen molar-refractivity contribution in [2.24, 2.45) is 0 Å². The Morgan fingerprint density at radius 1 is 0.967 bits per heavy atom. The number of benzene rings is 2. The Hall–Kier alpha value is -3.84. The highest BCUT2D eigenvalue weighted by molar-refractivity contribution is 6.31. The number of anilines is 1. The Labute approximate surface area is 176 Å². The molecular formula is C22H17ClN4O3. The van der Waals surface area contributed by atoms with Crippen molar-refractivity contribution < 1.29 is 9.59 Å². The fourth-order valence-corrected chi connectivity index (χ4v) is 3.36. The molecule has 0 saturated heterocycles. The average Bonchev–Trinajstić information content (AvgIpc) is 3.29. The number of aromatic amines is 2. The standard InChI is InChI=1S/C22H17ClN4O3/c23-14-7-8-18(17(10-14)20(28)19-6-3-9-24-19)27-22(30)26-12-13-11-25-21(29)16-5-2-1-4-15(13)16/h1-11,24H,12H2,(H,25,29)(H2,26,27,30). The molecule has 30 heavy (non-hydrogen) atoms. The van der Waals surface area contributed by atoms with E-state index in [1.165, 1.54) is 6.07 Å². The van der Waals surface area contributed by atoms with Gasteiger partial charge in [-0.3, -0.25) is 9.59 Å². The summed E-state index contributed by atoms with van der Waals surface area (Å²) in [6.45, 7) is 0.191. The van der Waals surface area contributed by atoms with Gasteiger partial charge in [-0.1, -0.05) is 29.8 Å². The quantitative estimate of drug-likeness (QED) is 0.366. The zero-order valence-electron chi connectivity index (χ0n) is 15.7. The number of aromatic nitrogens is 2. The van der Waals surface area contributed by atoms with Gasteiger partial charge in [0.2, 0.25) is 5.78 Å². The molecule has 0 aliphatic carbocycles. The maximum Gasteiger partial charge on any atom is 0.319 e. The summed E-state index contributed by atoms with van der Waals surface area (Å²) in [5.74, 6) is -0.288. The second-order valence-electron chi connectivity index (χ2n) is 6.60. The first kappa shape index (κ1) is 19.5. The number of amides is 2. The molecule has 2 aromatic heterocycles. The monoisotopic (exact) mass is 420 g/mol. The molecule has 4 N–H and O–H groups in total. The minimum absolute atomic E-state index is 0.188. The Balaban J connectivity index is 1.52. The van der Waals surface area contributed by atoms with Crippen LogP contribution in [0, 0.1) is 0 Å². The topological polar surface area (TPSA) is 107 Å². The van der Waals surface area contributed by atoms with E-state index in [4.69, 9.17) is 11.6 Å². The first-order chi connectivity index (χ1) is 14.5. The molecule has 8 heteroatoms. The molecule has 0 spiro atoms. The Morgan fingerprint density at radius 2 is 1.77 bits per heavy atom. The van der Waals surface area contributed by atoms with Crippen molar-refractivity contribution in [3.63, 3.8) is 0 Å². The Bertz CT molecular complexity index is 1300. The predicted molar refractivity (Wildman–Crippen MR) is 116 cm³/mol. The van der Waals surface area contributed by atoms with Gasteiger partial charge in [0, 0.05) is 34.9 Å². The number of carbonyl (C=O) groups excluding carboxylic acids is 2. The lowest BCUT2D eigenvalue weighted by atomic mass is 10.1. The lowest BCUT2D eigenvalue weighted by Crippen LogP contribution is -2.29. The third-order valence-electron chi connectivity index (χ3n) is 4.65. The number of hydrogen-bond acceptors (Lipinski definition) is 3. The number of pyridine rings is 1. The summed E-state index contributed by atoms with van der Waals surface area (Å²) < 4.78 is 0. The number of H-pyrrole nitrogens is 2. The number of urea groups is 1. The highest BCUT2D eigenvalue weighted by Crippen LogP contribution is 2.23. The largest absolute Gasteiger partial charge is 0.359 e. The van der Waals surface area contributed by atoms with E-state index in [1.54, 1.807) is 48.8 Å². The molecule has 2 heterocycles. The maximum absolute atomic E-state index is 12.7. The van der Waals surface area contributed by atoms with E-state index in [0.29, 0.717) is 21.8 Å². The van der Waals surface area contributed by atoms with Crippen LogP contribution in [-0.4, -0.2) is 21.8 Å². The highest BCUT2D eigenvalue weighted by Gasteiger charge is 2.17. The van der Waals surface area contributed by atoms with Crippen LogP contribution in [0.5, 0.6) is 0 Å². The zero-order chi connectivity index (χ0) is 21.1. The van der Waals surface area contributed by atoms with Gasteiger partial charge in [-0.2, -0.15) is 0 Å². The number of nitrogens with one attached hydrogen (secondary N) is 4. The molecule has 0 atom stereocenters. The van der Waals surface area contributed by atoms with E-state index >= 15 is 0 Å². The van der Waals surface area contributed by atoms with Crippen molar-refractivity contribution in [3.8, 4) is 0 Å². The third-order valence-corrected chi connectivity index (χ3v) is 4.89. The third kappa shape index (κ3) is 3.97. The molecule has 0 unspecified atom stereocenters. The van der Waals surface area contributed by atoms with E-state index in [9.17, 15) is 14.4 Å². The predicted octanol–water partition coefficient (Wildman–Crippen LogP) is 4.06. The van der Waals surface area contributed by atoms with Crippen molar-refractivity contribution in [3.05, 3.63) is 99.2 Å². The maximum atomic E-state index is 12.7. The summed E-state index contributed by atoms with van der Waals surface area (Å²) in [6.07, 6.45) is 3.22. The van der Waals surface area contributed by atoms with E-state index in [-0.39, 0.29) is 23.5 Å². The summed E-state index contributed by atoms with van der Waals surface area (Å²) in [5, 5.41) is 7.14. The van der Waals surface area contributed by atoms with Crippen LogP contribution in [-0.2, 0) is 6.54 Å². The number of carbonyl (C=O) groups is 2. The van der Waals surface area contributed by atoms with E-state index in [2.05, 4.69) is 20.6 Å². The summed E-state index contributed by atoms with van der Waals surface area (Å²) in [5.41, 5.74) is 1.57. The van der Waals surface area contributed by atoms with Gasteiger partial charge >= 0.3 is 6.03 Å². The van der Waals surface area contributed by atoms with E-state index in [1.807, 2.05) is 12.1 Å². The van der Waals surface area contributed by atoms with Crippen molar-refractivity contribution in [2.75, 3.05) is 5.32 Å². The number of fused-ring (bicyclic) bond motifs is 1. The average molecular weight is 421 g/mol. The van der Waals surface area contributed by atoms with Gasteiger partial charge in [-0.15, -0.1) is 0 Å².